The molecule has 0 aromatic heterocycles. The van der Waals surface area contributed by atoms with Crippen molar-refractivity contribution >= 4 is 24.8 Å². The monoisotopic (exact) mass is 339 g/mol. The van der Waals surface area contributed by atoms with Gasteiger partial charge in [-0.25, -0.2) is 0 Å². The Bertz CT molecular complexity index is 116. The van der Waals surface area contributed by atoms with Crippen LogP contribution in [0, 0.1) is 0 Å². The van der Waals surface area contributed by atoms with Gasteiger partial charge in [0.2, 0.25) is 0 Å². The zero-order chi connectivity index (χ0) is 10.7. The van der Waals surface area contributed by atoms with Crippen molar-refractivity contribution < 1.29 is 80.2 Å². The molecule has 14 heavy (non-hydrogen) atoms. The van der Waals surface area contributed by atoms with Crippen molar-refractivity contribution in [3.8, 4) is 0 Å². The van der Waals surface area contributed by atoms with E-state index in [4.69, 9.17) is 43.1 Å². The van der Waals surface area contributed by atoms with Gasteiger partial charge >= 0.3 is 0 Å². The fourth-order valence-electron chi connectivity index (χ4n) is 0. The molecule has 0 rings (SSSR count). The summed E-state index contributed by atoms with van der Waals surface area (Å²) in [6.07, 6.45) is 0. The van der Waals surface area contributed by atoms with Crippen molar-refractivity contribution in [1.29, 1.82) is 0 Å². The van der Waals surface area contributed by atoms with Crippen LogP contribution in [0.2, 0.25) is 0 Å². The molecular formula is O9P3V2-3. The predicted molar refractivity (Wildman–Crippen MR) is 22.8 cm³/mol. The summed E-state index contributed by atoms with van der Waals surface area (Å²) in [4.78, 5) is 50.9. The molecule has 0 heterocycles. The zero-order valence-electron chi connectivity index (χ0n) is 5.91. The van der Waals surface area contributed by atoms with E-state index >= 15 is 0 Å². The maximum atomic E-state index is 8.48. The SMILES string of the molecule is O=[P+]([O-])[O-].O=[P+]([O-])[O-].O=[P+]([O-])[O-].[V].[V]. The predicted octanol–water partition coefficient (Wildman–Crippen LogP) is -4.91. The molecule has 9 nitrogen and oxygen atoms in total. The molecule has 0 N–H and O–H groups in total. The summed E-state index contributed by atoms with van der Waals surface area (Å²) in [5, 5.41) is 0. The molecule has 2 radical (unpaired) electrons. The largest absolute Gasteiger partial charge is 0.598 e. The third kappa shape index (κ3) is 1310. The van der Waals surface area contributed by atoms with Gasteiger partial charge in [0, 0.05) is 37.1 Å². The second-order valence-corrected chi connectivity index (χ2v) is 2.01. The third-order valence-corrected chi connectivity index (χ3v) is 0. The van der Waals surface area contributed by atoms with Gasteiger partial charge in [-0.1, -0.05) is 13.7 Å². The first-order valence-electron chi connectivity index (χ1n) is 1.64. The molecule has 0 atom stereocenters. The number of hydrogen-bond donors (Lipinski definition) is 0. The Labute approximate surface area is 105 Å². The molecule has 0 aromatic rings. The van der Waals surface area contributed by atoms with Crippen LogP contribution >= 0.6 is 24.8 Å². The number of hydrogen-bond acceptors (Lipinski definition) is 9. The van der Waals surface area contributed by atoms with Crippen molar-refractivity contribution in [2.75, 3.05) is 0 Å². The van der Waals surface area contributed by atoms with Crippen LogP contribution in [-0.4, -0.2) is 0 Å². The van der Waals surface area contributed by atoms with Crippen LogP contribution in [0.5, 0.6) is 0 Å². The molecule has 0 saturated heterocycles. The molecule has 0 fully saturated rings. The minimum absolute atomic E-state index is 0. The van der Waals surface area contributed by atoms with Crippen LogP contribution in [-0.2, 0) is 50.8 Å². The van der Waals surface area contributed by atoms with Crippen LogP contribution in [0.15, 0.2) is 0 Å². The standard InChI is InChI=1S/3HO3P.2V/c3*1-4(2)3;;/h3*(H,1,2,3);;/p-3. The van der Waals surface area contributed by atoms with Gasteiger partial charge in [0.1, 0.15) is 0 Å². The molecule has 82 valence electrons. The Hall–Kier alpha value is 1.23. The summed E-state index contributed by atoms with van der Waals surface area (Å²) in [6, 6.07) is 0. The van der Waals surface area contributed by atoms with Gasteiger partial charge < -0.3 is 29.4 Å². The van der Waals surface area contributed by atoms with E-state index in [0.717, 1.165) is 0 Å². The summed E-state index contributed by atoms with van der Waals surface area (Å²) in [5.41, 5.74) is 0. The van der Waals surface area contributed by atoms with Crippen molar-refractivity contribution in [2.45, 2.75) is 0 Å². The molecule has 0 unspecified atom stereocenters. The van der Waals surface area contributed by atoms with E-state index in [2.05, 4.69) is 0 Å². The molecule has 0 bridgehead atoms. The van der Waals surface area contributed by atoms with Crippen LogP contribution in [0.25, 0.3) is 0 Å². The fraction of sp³-hybridized carbons (Fsp3) is 0. The van der Waals surface area contributed by atoms with Gasteiger partial charge in [0.05, 0.1) is 0 Å². The van der Waals surface area contributed by atoms with Gasteiger partial charge in [-0.15, -0.1) is 0 Å². The topological polar surface area (TPSA) is 190 Å². The minimum Gasteiger partial charge on any atom is -0.598 e. The van der Waals surface area contributed by atoms with Gasteiger partial charge in [-0.2, -0.15) is 0 Å². The van der Waals surface area contributed by atoms with Crippen LogP contribution in [0.1, 0.15) is 0 Å². The molecular weight excluding hydrogens is 339 g/mol. The molecule has 0 aromatic carbocycles. The Morgan fingerprint density at radius 2 is 0.500 bits per heavy atom. The smallest absolute Gasteiger partial charge is 0.276 e. The van der Waals surface area contributed by atoms with Gasteiger partial charge in [-0.05, 0) is 0 Å². The Morgan fingerprint density at radius 3 is 0.500 bits per heavy atom. The van der Waals surface area contributed by atoms with Crippen molar-refractivity contribution in [1.82, 2.24) is 0 Å². The van der Waals surface area contributed by atoms with E-state index in [9.17, 15) is 0 Å². The molecule has 0 saturated carbocycles. The summed E-state index contributed by atoms with van der Waals surface area (Å²) in [5.74, 6) is 0. The van der Waals surface area contributed by atoms with E-state index < -0.39 is 24.8 Å². The minimum atomic E-state index is -3.37. The molecule has 0 amide bonds. The first-order valence-corrected chi connectivity index (χ1v) is 4.93. The Balaban J connectivity index is -0.0000000270. The van der Waals surface area contributed by atoms with E-state index in [-0.39, 0.29) is 37.1 Å². The van der Waals surface area contributed by atoms with Gasteiger partial charge in [-0.3, -0.25) is 0 Å². The fourth-order valence-corrected chi connectivity index (χ4v) is 0. The average molecular weight is 339 g/mol. The van der Waals surface area contributed by atoms with Crippen molar-refractivity contribution in [3.05, 3.63) is 0 Å². The van der Waals surface area contributed by atoms with Crippen LogP contribution < -0.4 is 29.4 Å². The van der Waals surface area contributed by atoms with Gasteiger partial charge in [0.25, 0.3) is 24.8 Å². The van der Waals surface area contributed by atoms with E-state index in [0.29, 0.717) is 0 Å². The van der Waals surface area contributed by atoms with Crippen molar-refractivity contribution in [2.24, 2.45) is 0 Å². The summed E-state index contributed by atoms with van der Waals surface area (Å²) >= 11 is 0. The third-order valence-electron chi connectivity index (χ3n) is 0. The summed E-state index contributed by atoms with van der Waals surface area (Å²) < 4.78 is 25.4. The molecule has 0 spiro atoms. The van der Waals surface area contributed by atoms with Crippen LogP contribution in [0.3, 0.4) is 0 Å². The van der Waals surface area contributed by atoms with E-state index in [1.165, 1.54) is 0 Å². The first kappa shape index (κ1) is 29.5. The first-order chi connectivity index (χ1) is 5.20. The number of rotatable bonds is 0. The van der Waals surface area contributed by atoms with E-state index in [1.54, 1.807) is 0 Å². The molecule has 0 aliphatic heterocycles. The van der Waals surface area contributed by atoms with Gasteiger partial charge in [0.15, 0.2) is 0 Å². The second kappa shape index (κ2) is 23.8. The molecule has 0 aliphatic rings. The summed E-state index contributed by atoms with van der Waals surface area (Å²) in [6.45, 7) is 0. The Kier molecular flexibility index (Phi) is 50.1. The summed E-state index contributed by atoms with van der Waals surface area (Å²) in [7, 11) is -10.1. The van der Waals surface area contributed by atoms with Crippen LogP contribution in [0.4, 0.5) is 0 Å². The zero-order valence-corrected chi connectivity index (χ0v) is 11.4. The van der Waals surface area contributed by atoms with E-state index in [1.807, 2.05) is 0 Å². The average Bonchev–Trinajstić information content (AvgIpc) is 1.54. The molecule has 14 heteroatoms. The second-order valence-electron chi connectivity index (χ2n) is 0.671. The van der Waals surface area contributed by atoms with Crippen molar-refractivity contribution in [3.63, 3.8) is 0 Å². The normalized spacial score (nSPS) is 5.57. The maximum absolute atomic E-state index is 8.48. The maximum Gasteiger partial charge on any atom is 0.276 e. The molecule has 0 aliphatic carbocycles. The Morgan fingerprint density at radius 1 is 0.500 bits per heavy atom. The quantitative estimate of drug-likeness (QED) is 0.389.